The molecule has 3 atom stereocenters. The Morgan fingerprint density at radius 1 is 0.657 bits per heavy atom. The van der Waals surface area contributed by atoms with Gasteiger partial charge in [-0.1, -0.05) is 78.9 Å². The number of amides is 2. The van der Waals surface area contributed by atoms with E-state index >= 15 is 0 Å². The van der Waals surface area contributed by atoms with Gasteiger partial charge >= 0.3 is 0 Å². The summed E-state index contributed by atoms with van der Waals surface area (Å²) in [4.78, 5) is 34.6. The lowest BCUT2D eigenvalue weighted by atomic mass is 9.90. The zero-order chi connectivity index (χ0) is 23.9. The molecule has 6 heteroatoms. The van der Waals surface area contributed by atoms with Crippen molar-refractivity contribution < 1.29 is 18.8 Å². The van der Waals surface area contributed by atoms with Gasteiger partial charge in [0.15, 0.2) is 6.10 Å². The normalized spacial score (nSPS) is 21.5. The van der Waals surface area contributed by atoms with Crippen LogP contribution in [0.3, 0.4) is 0 Å². The Bertz CT molecular complexity index is 1410. The summed E-state index contributed by atoms with van der Waals surface area (Å²) in [7, 11) is 0. The number of hydrogen-bond acceptors (Lipinski definition) is 4. The van der Waals surface area contributed by atoms with Crippen LogP contribution in [-0.4, -0.2) is 17.9 Å². The van der Waals surface area contributed by atoms with Crippen molar-refractivity contribution in [2.45, 2.75) is 12.1 Å². The molecule has 0 unspecified atom stereocenters. The van der Waals surface area contributed by atoms with Gasteiger partial charge < -0.3 is 0 Å². The Hall–Kier alpha value is -4.29. The second kappa shape index (κ2) is 8.49. The first-order chi connectivity index (χ1) is 17.1. The molecule has 0 spiro atoms. The molecule has 0 radical (unpaired) electrons. The summed E-state index contributed by atoms with van der Waals surface area (Å²) in [5.41, 5.74) is 3.29. The number of anilines is 2. The number of para-hydroxylation sites is 1. The highest BCUT2D eigenvalue weighted by Crippen LogP contribution is 2.48. The summed E-state index contributed by atoms with van der Waals surface area (Å²) in [6.45, 7) is 0. The lowest BCUT2D eigenvalue weighted by Crippen LogP contribution is -2.37. The topological polar surface area (TPSA) is 49.9 Å². The number of halogens is 1. The third kappa shape index (κ3) is 3.50. The molecule has 2 amide bonds. The molecule has 2 aliphatic rings. The summed E-state index contributed by atoms with van der Waals surface area (Å²) < 4.78 is 15.0. The SMILES string of the molecule is O=C1[C@H]2[C@@H](ON(c3ccccc3)[C@H]2c2ccccc2F)C(=O)N1c1cccc(-c2ccccc2)c1. The van der Waals surface area contributed by atoms with E-state index in [1.54, 1.807) is 24.3 Å². The monoisotopic (exact) mass is 464 g/mol. The number of imide groups is 1. The van der Waals surface area contributed by atoms with Gasteiger partial charge in [0.25, 0.3) is 5.91 Å². The number of rotatable bonds is 4. The molecule has 5 nitrogen and oxygen atoms in total. The van der Waals surface area contributed by atoms with Gasteiger partial charge in [-0.3, -0.25) is 14.4 Å². The standard InChI is InChI=1S/C29H21FN2O3/c30-24-17-8-7-16-23(24)26-25-27(35-32(26)21-13-5-2-6-14-21)29(34)31(28(25)33)22-15-9-12-20(18-22)19-10-3-1-4-11-19/h1-18,25-27H/t25-,26+,27-/m1/s1. The molecule has 0 aliphatic carbocycles. The Kier molecular flexibility index (Phi) is 5.16. The third-order valence-electron chi connectivity index (χ3n) is 6.56. The molecule has 4 aromatic carbocycles. The van der Waals surface area contributed by atoms with Crippen LogP contribution >= 0.6 is 0 Å². The van der Waals surface area contributed by atoms with Crippen molar-refractivity contribution in [3.05, 3.63) is 121 Å². The highest BCUT2D eigenvalue weighted by Gasteiger charge is 2.60. The number of carbonyl (C=O) groups is 2. The van der Waals surface area contributed by atoms with E-state index < -0.39 is 35.7 Å². The van der Waals surface area contributed by atoms with Crippen LogP contribution in [0.2, 0.25) is 0 Å². The van der Waals surface area contributed by atoms with Crippen LogP contribution in [0.25, 0.3) is 11.1 Å². The minimum Gasteiger partial charge on any atom is -0.273 e. The fourth-order valence-electron chi connectivity index (χ4n) is 4.95. The van der Waals surface area contributed by atoms with E-state index in [2.05, 4.69) is 0 Å². The molecule has 0 saturated carbocycles. The molecule has 0 N–H and O–H groups in total. The van der Waals surface area contributed by atoms with Crippen LogP contribution in [0.5, 0.6) is 0 Å². The molecule has 0 aromatic heterocycles. The van der Waals surface area contributed by atoms with Crippen LogP contribution < -0.4 is 9.96 Å². The van der Waals surface area contributed by atoms with Crippen molar-refractivity contribution in [3.63, 3.8) is 0 Å². The van der Waals surface area contributed by atoms with Gasteiger partial charge in [0.05, 0.1) is 17.4 Å². The van der Waals surface area contributed by atoms with Crippen molar-refractivity contribution in [2.24, 2.45) is 5.92 Å². The molecule has 2 heterocycles. The molecule has 0 bridgehead atoms. The minimum atomic E-state index is -1.05. The van der Waals surface area contributed by atoms with E-state index in [1.165, 1.54) is 16.0 Å². The van der Waals surface area contributed by atoms with Gasteiger partial charge in [0, 0.05) is 5.56 Å². The first-order valence-corrected chi connectivity index (χ1v) is 11.4. The summed E-state index contributed by atoms with van der Waals surface area (Å²) in [6.07, 6.45) is -1.05. The van der Waals surface area contributed by atoms with Crippen molar-refractivity contribution in [1.82, 2.24) is 0 Å². The van der Waals surface area contributed by atoms with Crippen LogP contribution in [0.4, 0.5) is 15.8 Å². The van der Waals surface area contributed by atoms with Gasteiger partial charge in [-0.25, -0.2) is 14.4 Å². The highest BCUT2D eigenvalue weighted by molar-refractivity contribution is 6.24. The fourth-order valence-corrected chi connectivity index (χ4v) is 4.95. The quantitative estimate of drug-likeness (QED) is 0.372. The number of hydrogen-bond donors (Lipinski definition) is 0. The van der Waals surface area contributed by atoms with E-state index in [4.69, 9.17) is 4.84 Å². The van der Waals surface area contributed by atoms with Crippen molar-refractivity contribution in [3.8, 4) is 11.1 Å². The van der Waals surface area contributed by atoms with Crippen molar-refractivity contribution in [1.29, 1.82) is 0 Å². The molecule has 172 valence electrons. The largest absolute Gasteiger partial charge is 0.273 e. The van der Waals surface area contributed by atoms with Crippen molar-refractivity contribution in [2.75, 3.05) is 9.96 Å². The molecule has 2 aliphatic heterocycles. The molecule has 6 rings (SSSR count). The number of hydroxylamine groups is 1. The van der Waals surface area contributed by atoms with Gasteiger partial charge in [-0.15, -0.1) is 0 Å². The molecule has 2 saturated heterocycles. The van der Waals surface area contributed by atoms with E-state index in [-0.39, 0.29) is 0 Å². The number of nitrogens with zero attached hydrogens (tertiary/aromatic N) is 2. The summed E-state index contributed by atoms with van der Waals surface area (Å²) >= 11 is 0. The summed E-state index contributed by atoms with van der Waals surface area (Å²) in [5.74, 6) is -2.20. The second-order valence-corrected chi connectivity index (χ2v) is 8.61. The average Bonchev–Trinajstić information content (AvgIpc) is 3.41. The highest BCUT2D eigenvalue weighted by atomic mass is 19.1. The van der Waals surface area contributed by atoms with Gasteiger partial charge in [0.2, 0.25) is 5.91 Å². The summed E-state index contributed by atoms with van der Waals surface area (Å²) in [6, 6.07) is 31.7. The smallest absolute Gasteiger partial charge is 0.266 e. The van der Waals surface area contributed by atoms with Gasteiger partial charge in [0.1, 0.15) is 11.7 Å². The molecule has 35 heavy (non-hydrogen) atoms. The maximum atomic E-state index is 15.0. The van der Waals surface area contributed by atoms with Crippen LogP contribution in [0, 0.1) is 11.7 Å². The predicted molar refractivity (Wildman–Crippen MR) is 131 cm³/mol. The molecule has 4 aromatic rings. The maximum absolute atomic E-state index is 15.0. The van der Waals surface area contributed by atoms with E-state index in [0.29, 0.717) is 16.9 Å². The maximum Gasteiger partial charge on any atom is 0.266 e. The lowest BCUT2D eigenvalue weighted by molar-refractivity contribution is -0.126. The molecular formula is C29H21FN2O3. The van der Waals surface area contributed by atoms with Crippen LogP contribution in [-0.2, 0) is 14.4 Å². The Labute approximate surface area is 201 Å². The first kappa shape index (κ1) is 21.3. The zero-order valence-electron chi connectivity index (χ0n) is 18.6. The first-order valence-electron chi connectivity index (χ1n) is 11.4. The number of carbonyl (C=O) groups excluding carboxylic acids is 2. The second-order valence-electron chi connectivity index (χ2n) is 8.61. The fraction of sp³-hybridized carbons (Fsp3) is 0.103. The lowest BCUT2D eigenvalue weighted by Gasteiger charge is -2.29. The summed E-state index contributed by atoms with van der Waals surface area (Å²) in [5, 5.41) is 1.50. The van der Waals surface area contributed by atoms with Crippen molar-refractivity contribution >= 4 is 23.2 Å². The molecule has 2 fully saturated rings. The molecular weight excluding hydrogens is 443 g/mol. The predicted octanol–water partition coefficient (Wildman–Crippen LogP) is 5.54. The number of benzene rings is 4. The van der Waals surface area contributed by atoms with Gasteiger partial charge in [-0.2, -0.15) is 0 Å². The number of fused-ring (bicyclic) bond motifs is 1. The van der Waals surface area contributed by atoms with Gasteiger partial charge in [-0.05, 0) is 41.5 Å². The minimum absolute atomic E-state index is 0.310. The average molecular weight is 464 g/mol. The van der Waals surface area contributed by atoms with E-state index in [0.717, 1.165) is 11.1 Å². The van der Waals surface area contributed by atoms with Crippen LogP contribution in [0.1, 0.15) is 11.6 Å². The van der Waals surface area contributed by atoms with E-state index in [1.807, 2.05) is 78.9 Å². The Morgan fingerprint density at radius 2 is 1.29 bits per heavy atom. The Morgan fingerprint density at radius 3 is 2.03 bits per heavy atom. The third-order valence-corrected chi connectivity index (χ3v) is 6.56. The van der Waals surface area contributed by atoms with E-state index in [9.17, 15) is 14.0 Å². The Balaban J connectivity index is 1.41. The zero-order valence-corrected chi connectivity index (χ0v) is 18.6. The van der Waals surface area contributed by atoms with Crippen LogP contribution in [0.15, 0.2) is 109 Å².